The van der Waals surface area contributed by atoms with Gasteiger partial charge >= 0.3 is 5.97 Å². The van der Waals surface area contributed by atoms with Gasteiger partial charge in [-0.05, 0) is 30.3 Å². The van der Waals surface area contributed by atoms with Gasteiger partial charge in [-0.3, -0.25) is 0 Å². The van der Waals surface area contributed by atoms with E-state index >= 15 is 0 Å². The summed E-state index contributed by atoms with van der Waals surface area (Å²) in [6.45, 7) is 0.0914. The fourth-order valence-corrected chi connectivity index (χ4v) is 2.11. The van der Waals surface area contributed by atoms with E-state index in [1.54, 1.807) is 36.4 Å². The largest absolute Gasteiger partial charge is 0.484 e. The van der Waals surface area contributed by atoms with Crippen molar-refractivity contribution in [2.24, 2.45) is 0 Å². The molecule has 0 unspecified atom stereocenters. The molecule has 0 amide bonds. The molecular weight excluding hydrogens is 294 g/mol. The number of oxazole rings is 1. The number of ether oxygens (including phenoxy) is 1. The summed E-state index contributed by atoms with van der Waals surface area (Å²) in [5.74, 6) is -0.155. The van der Waals surface area contributed by atoms with E-state index in [0.29, 0.717) is 27.8 Å². The van der Waals surface area contributed by atoms with Crippen molar-refractivity contribution in [2.75, 3.05) is 0 Å². The molecule has 1 aromatic heterocycles. The fourth-order valence-electron chi connectivity index (χ4n) is 1.93. The number of fused-ring (bicyclic) bond motifs is 1. The van der Waals surface area contributed by atoms with Crippen LogP contribution in [0.5, 0.6) is 5.75 Å². The van der Waals surface area contributed by atoms with Crippen LogP contribution in [0.3, 0.4) is 0 Å². The van der Waals surface area contributed by atoms with Gasteiger partial charge < -0.3 is 14.3 Å². The topological polar surface area (TPSA) is 72.6 Å². The molecule has 0 saturated carbocycles. The monoisotopic (exact) mass is 303 g/mol. The predicted molar refractivity (Wildman–Crippen MR) is 76.8 cm³/mol. The van der Waals surface area contributed by atoms with Gasteiger partial charge in [-0.25, -0.2) is 9.78 Å². The molecule has 0 bridgehead atoms. The summed E-state index contributed by atoms with van der Waals surface area (Å²) in [5.41, 5.74) is 0.833. The lowest BCUT2D eigenvalue weighted by Crippen LogP contribution is -1.98. The van der Waals surface area contributed by atoms with E-state index in [1.165, 1.54) is 6.07 Å². The Morgan fingerprint density at radius 3 is 2.86 bits per heavy atom. The third kappa shape index (κ3) is 2.83. The van der Waals surface area contributed by atoms with Gasteiger partial charge in [-0.15, -0.1) is 0 Å². The molecular formula is C15H10ClNO4. The lowest BCUT2D eigenvalue weighted by Gasteiger charge is -2.02. The normalized spacial score (nSPS) is 10.7. The summed E-state index contributed by atoms with van der Waals surface area (Å²) >= 11 is 5.86. The van der Waals surface area contributed by atoms with Crippen LogP contribution in [0, 0.1) is 0 Å². The number of rotatable bonds is 4. The maximum Gasteiger partial charge on any atom is 0.338 e. The molecule has 0 aliphatic rings. The molecule has 0 aliphatic carbocycles. The van der Waals surface area contributed by atoms with Gasteiger partial charge in [-0.1, -0.05) is 23.7 Å². The first-order valence-electron chi connectivity index (χ1n) is 6.13. The SMILES string of the molecule is O=C(O)c1cccc2oc(COc3cccc(Cl)c3)nc12. The van der Waals surface area contributed by atoms with Crippen LogP contribution in [0.4, 0.5) is 0 Å². The quantitative estimate of drug-likeness (QED) is 0.794. The van der Waals surface area contributed by atoms with Crippen molar-refractivity contribution < 1.29 is 19.1 Å². The minimum absolute atomic E-state index is 0.0914. The Morgan fingerprint density at radius 1 is 1.29 bits per heavy atom. The zero-order valence-corrected chi connectivity index (χ0v) is 11.5. The van der Waals surface area contributed by atoms with Crippen molar-refractivity contribution >= 4 is 28.7 Å². The molecule has 21 heavy (non-hydrogen) atoms. The third-order valence-corrected chi connectivity index (χ3v) is 3.09. The first kappa shape index (κ1) is 13.5. The number of carboxylic acids is 1. The summed E-state index contributed by atoms with van der Waals surface area (Å²) in [7, 11) is 0. The Balaban J connectivity index is 1.85. The number of halogens is 1. The van der Waals surface area contributed by atoms with Crippen molar-refractivity contribution in [1.82, 2.24) is 4.98 Å². The number of carbonyl (C=O) groups is 1. The fraction of sp³-hybridized carbons (Fsp3) is 0.0667. The number of hydrogen-bond donors (Lipinski definition) is 1. The second-order valence-electron chi connectivity index (χ2n) is 4.31. The zero-order valence-electron chi connectivity index (χ0n) is 10.7. The van der Waals surface area contributed by atoms with Crippen molar-refractivity contribution in [3.63, 3.8) is 0 Å². The highest BCUT2D eigenvalue weighted by Gasteiger charge is 2.14. The molecule has 1 heterocycles. The molecule has 3 rings (SSSR count). The molecule has 0 spiro atoms. The summed E-state index contributed by atoms with van der Waals surface area (Å²) in [5, 5.41) is 9.67. The summed E-state index contributed by atoms with van der Waals surface area (Å²) in [4.78, 5) is 15.3. The van der Waals surface area contributed by atoms with Crippen LogP contribution < -0.4 is 4.74 Å². The van der Waals surface area contributed by atoms with Gasteiger partial charge in [-0.2, -0.15) is 0 Å². The molecule has 5 nitrogen and oxygen atoms in total. The standard InChI is InChI=1S/C15H10ClNO4/c16-9-3-1-4-10(7-9)20-8-13-17-14-11(15(18)19)5-2-6-12(14)21-13/h1-7H,8H2,(H,18,19). The molecule has 1 N–H and O–H groups in total. The first-order chi connectivity index (χ1) is 10.1. The van der Waals surface area contributed by atoms with Crippen LogP contribution in [0.1, 0.15) is 16.2 Å². The number of nitrogens with zero attached hydrogens (tertiary/aromatic N) is 1. The number of benzene rings is 2. The predicted octanol–water partition coefficient (Wildman–Crippen LogP) is 3.76. The number of aromatic nitrogens is 1. The zero-order chi connectivity index (χ0) is 14.8. The average molecular weight is 304 g/mol. The lowest BCUT2D eigenvalue weighted by atomic mass is 10.2. The van der Waals surface area contributed by atoms with Gasteiger partial charge in [0, 0.05) is 5.02 Å². The van der Waals surface area contributed by atoms with E-state index in [-0.39, 0.29) is 12.2 Å². The summed E-state index contributed by atoms with van der Waals surface area (Å²) < 4.78 is 11.0. The Morgan fingerprint density at radius 2 is 2.10 bits per heavy atom. The van der Waals surface area contributed by atoms with Crippen LogP contribution in [-0.4, -0.2) is 16.1 Å². The highest BCUT2D eigenvalue weighted by atomic mass is 35.5. The Labute approximate surface area is 124 Å². The Bertz CT molecular complexity index is 812. The van der Waals surface area contributed by atoms with E-state index in [1.807, 2.05) is 0 Å². The van der Waals surface area contributed by atoms with Crippen LogP contribution in [-0.2, 0) is 6.61 Å². The van der Waals surface area contributed by atoms with Crippen LogP contribution in [0.25, 0.3) is 11.1 Å². The van der Waals surface area contributed by atoms with E-state index in [2.05, 4.69) is 4.98 Å². The minimum Gasteiger partial charge on any atom is -0.484 e. The van der Waals surface area contributed by atoms with Crippen molar-refractivity contribution in [3.05, 3.63) is 58.9 Å². The number of carboxylic acid groups (broad SMARTS) is 1. The van der Waals surface area contributed by atoms with E-state index in [4.69, 9.17) is 25.9 Å². The maximum atomic E-state index is 11.1. The molecule has 3 aromatic rings. The molecule has 0 saturated heterocycles. The maximum absolute atomic E-state index is 11.1. The molecule has 2 aromatic carbocycles. The van der Waals surface area contributed by atoms with Crippen LogP contribution >= 0.6 is 11.6 Å². The highest BCUT2D eigenvalue weighted by Crippen LogP contribution is 2.22. The van der Waals surface area contributed by atoms with Gasteiger partial charge in [0.15, 0.2) is 12.2 Å². The lowest BCUT2D eigenvalue weighted by molar-refractivity contribution is 0.0699. The second kappa shape index (κ2) is 5.46. The van der Waals surface area contributed by atoms with Crippen LogP contribution in [0.2, 0.25) is 5.02 Å². The molecule has 0 atom stereocenters. The summed E-state index contributed by atoms with van der Waals surface area (Å²) in [6, 6.07) is 11.7. The molecule has 106 valence electrons. The van der Waals surface area contributed by atoms with E-state index in [9.17, 15) is 4.79 Å². The molecule has 0 fully saturated rings. The summed E-state index contributed by atoms with van der Waals surface area (Å²) in [6.07, 6.45) is 0. The van der Waals surface area contributed by atoms with Gasteiger partial charge in [0.05, 0.1) is 5.56 Å². The first-order valence-corrected chi connectivity index (χ1v) is 6.51. The Hall–Kier alpha value is -2.53. The molecule has 6 heteroatoms. The minimum atomic E-state index is -1.05. The number of hydrogen-bond acceptors (Lipinski definition) is 4. The van der Waals surface area contributed by atoms with Crippen molar-refractivity contribution in [3.8, 4) is 5.75 Å². The van der Waals surface area contributed by atoms with Gasteiger partial charge in [0.1, 0.15) is 11.3 Å². The third-order valence-electron chi connectivity index (χ3n) is 2.85. The Kier molecular flexibility index (Phi) is 3.50. The van der Waals surface area contributed by atoms with Crippen LogP contribution in [0.15, 0.2) is 46.9 Å². The second-order valence-corrected chi connectivity index (χ2v) is 4.75. The van der Waals surface area contributed by atoms with Crippen molar-refractivity contribution in [1.29, 1.82) is 0 Å². The molecule has 0 aliphatic heterocycles. The van der Waals surface area contributed by atoms with Gasteiger partial charge in [0.2, 0.25) is 5.89 Å². The number of aromatic carboxylic acids is 1. The van der Waals surface area contributed by atoms with E-state index < -0.39 is 5.97 Å². The van der Waals surface area contributed by atoms with Gasteiger partial charge in [0.25, 0.3) is 0 Å². The molecule has 0 radical (unpaired) electrons. The van der Waals surface area contributed by atoms with E-state index in [0.717, 1.165) is 0 Å². The number of para-hydroxylation sites is 1. The van der Waals surface area contributed by atoms with Crippen molar-refractivity contribution in [2.45, 2.75) is 6.61 Å². The smallest absolute Gasteiger partial charge is 0.338 e. The average Bonchev–Trinajstić information content (AvgIpc) is 2.87. The highest BCUT2D eigenvalue weighted by molar-refractivity contribution is 6.30.